The molecule has 2 aliphatic rings. The molecule has 0 aromatic carbocycles. The fourth-order valence-corrected chi connectivity index (χ4v) is 2.08. The second-order valence-corrected chi connectivity index (χ2v) is 3.38. The summed E-state index contributed by atoms with van der Waals surface area (Å²) in [5.41, 5.74) is 0. The summed E-state index contributed by atoms with van der Waals surface area (Å²) in [5.74, 6) is 1.79. The Kier molecular flexibility index (Phi) is 1.37. The topological polar surface area (TPSA) is 17.1 Å². The van der Waals surface area contributed by atoms with Crippen LogP contribution in [0.2, 0.25) is 0 Å². The van der Waals surface area contributed by atoms with Crippen molar-refractivity contribution in [2.75, 3.05) is 0 Å². The van der Waals surface area contributed by atoms with Gasteiger partial charge in [0.2, 0.25) is 0 Å². The highest BCUT2D eigenvalue weighted by atomic mass is 16.1. The van der Waals surface area contributed by atoms with Crippen LogP contribution in [0.15, 0.2) is 12.2 Å². The molecule has 1 saturated carbocycles. The number of carbonyl (C=O) groups excluding carboxylic acids is 1. The number of hydrogen-bond donors (Lipinski definition) is 0. The fraction of sp³-hybridized carbons (Fsp3) is 0.667. The van der Waals surface area contributed by atoms with Crippen molar-refractivity contribution in [2.45, 2.75) is 25.7 Å². The molecule has 0 saturated heterocycles. The van der Waals surface area contributed by atoms with Gasteiger partial charge < -0.3 is 0 Å². The van der Waals surface area contributed by atoms with E-state index in [0.717, 1.165) is 12.8 Å². The number of allylic oxidation sites excluding steroid dienone is 2. The Labute approximate surface area is 61.1 Å². The van der Waals surface area contributed by atoms with E-state index in [1.165, 1.54) is 12.8 Å². The molecule has 2 atom stereocenters. The first-order chi connectivity index (χ1) is 4.86. The van der Waals surface area contributed by atoms with Crippen LogP contribution in [0.5, 0.6) is 0 Å². The van der Waals surface area contributed by atoms with Crippen molar-refractivity contribution < 1.29 is 4.79 Å². The molecule has 0 spiro atoms. The molecule has 0 N–H and O–H groups in total. The number of ketones is 1. The summed E-state index contributed by atoms with van der Waals surface area (Å²) in [6.45, 7) is 0. The molecule has 2 rings (SSSR count). The summed E-state index contributed by atoms with van der Waals surface area (Å²) in [6, 6.07) is 0. The molecule has 54 valence electrons. The molecule has 0 aliphatic heterocycles. The molecule has 0 heterocycles. The molecular formula is C9H12O. The third kappa shape index (κ3) is 0.898. The Balaban J connectivity index is 2.15. The maximum Gasteiger partial charge on any atom is 0.133 e. The quantitative estimate of drug-likeness (QED) is 0.465. The molecule has 0 radical (unpaired) electrons. The summed E-state index contributed by atoms with van der Waals surface area (Å²) in [6.07, 6.45) is 8.57. The van der Waals surface area contributed by atoms with Crippen molar-refractivity contribution in [1.29, 1.82) is 0 Å². The van der Waals surface area contributed by atoms with E-state index in [4.69, 9.17) is 0 Å². The molecule has 1 heteroatoms. The average molecular weight is 136 g/mol. The van der Waals surface area contributed by atoms with E-state index < -0.39 is 0 Å². The van der Waals surface area contributed by atoms with Gasteiger partial charge in [0.1, 0.15) is 5.78 Å². The highest BCUT2D eigenvalue weighted by Gasteiger charge is 2.31. The van der Waals surface area contributed by atoms with Crippen LogP contribution in [0.1, 0.15) is 25.7 Å². The molecule has 2 aliphatic carbocycles. The first-order valence-electron chi connectivity index (χ1n) is 4.04. The normalized spacial score (nSPS) is 38.2. The molecule has 0 amide bonds. The maximum atomic E-state index is 11.0. The van der Waals surface area contributed by atoms with E-state index in [1.807, 2.05) is 0 Å². The summed E-state index contributed by atoms with van der Waals surface area (Å²) >= 11 is 0. The van der Waals surface area contributed by atoms with Crippen molar-refractivity contribution in [3.63, 3.8) is 0 Å². The highest BCUT2D eigenvalue weighted by molar-refractivity contribution is 5.81. The maximum absolute atomic E-state index is 11.0. The highest BCUT2D eigenvalue weighted by Crippen LogP contribution is 2.36. The van der Waals surface area contributed by atoms with Crippen LogP contribution in [0.25, 0.3) is 0 Å². The summed E-state index contributed by atoms with van der Waals surface area (Å²) < 4.78 is 0. The van der Waals surface area contributed by atoms with Gasteiger partial charge in [-0.25, -0.2) is 0 Å². The number of hydrogen-bond acceptors (Lipinski definition) is 1. The van der Waals surface area contributed by atoms with E-state index in [-0.39, 0.29) is 0 Å². The SMILES string of the molecule is O=C1C[C@@H]2CCC=C[C@@H]2C1. The Morgan fingerprint density at radius 2 is 2.30 bits per heavy atom. The minimum absolute atomic E-state index is 0.474. The Hall–Kier alpha value is -0.590. The molecule has 1 fully saturated rings. The van der Waals surface area contributed by atoms with Crippen molar-refractivity contribution in [1.82, 2.24) is 0 Å². The lowest BCUT2D eigenvalue weighted by molar-refractivity contribution is -0.117. The molecule has 10 heavy (non-hydrogen) atoms. The zero-order valence-corrected chi connectivity index (χ0v) is 6.05. The van der Waals surface area contributed by atoms with Crippen LogP contribution in [0.4, 0.5) is 0 Å². The largest absolute Gasteiger partial charge is 0.300 e. The first-order valence-corrected chi connectivity index (χ1v) is 4.04. The minimum atomic E-state index is 0.474. The minimum Gasteiger partial charge on any atom is -0.300 e. The third-order valence-electron chi connectivity index (χ3n) is 2.65. The van der Waals surface area contributed by atoms with E-state index >= 15 is 0 Å². The van der Waals surface area contributed by atoms with Crippen molar-refractivity contribution in [3.8, 4) is 0 Å². The molecule has 0 aromatic heterocycles. The Morgan fingerprint density at radius 3 is 3.10 bits per heavy atom. The van der Waals surface area contributed by atoms with Crippen molar-refractivity contribution in [2.24, 2.45) is 11.8 Å². The second kappa shape index (κ2) is 2.22. The van der Waals surface area contributed by atoms with Gasteiger partial charge in [0.05, 0.1) is 0 Å². The summed E-state index contributed by atoms with van der Waals surface area (Å²) in [5, 5.41) is 0. The van der Waals surface area contributed by atoms with E-state index in [1.54, 1.807) is 0 Å². The van der Waals surface area contributed by atoms with Crippen LogP contribution in [-0.4, -0.2) is 5.78 Å². The van der Waals surface area contributed by atoms with Gasteiger partial charge in [-0.05, 0) is 24.7 Å². The lowest BCUT2D eigenvalue weighted by atomic mass is 9.87. The van der Waals surface area contributed by atoms with Gasteiger partial charge in [0, 0.05) is 12.8 Å². The third-order valence-corrected chi connectivity index (χ3v) is 2.65. The summed E-state index contributed by atoms with van der Waals surface area (Å²) in [7, 11) is 0. The van der Waals surface area contributed by atoms with Crippen LogP contribution in [-0.2, 0) is 4.79 Å². The van der Waals surface area contributed by atoms with E-state index in [9.17, 15) is 4.79 Å². The Morgan fingerprint density at radius 1 is 1.40 bits per heavy atom. The van der Waals surface area contributed by atoms with Gasteiger partial charge in [-0.3, -0.25) is 4.79 Å². The van der Waals surface area contributed by atoms with Crippen LogP contribution < -0.4 is 0 Å². The lowest BCUT2D eigenvalue weighted by Gasteiger charge is -2.17. The predicted molar refractivity (Wildman–Crippen MR) is 39.6 cm³/mol. The molecule has 0 aromatic rings. The Bertz CT molecular complexity index is 181. The summed E-state index contributed by atoms with van der Waals surface area (Å²) in [4.78, 5) is 11.0. The zero-order chi connectivity index (χ0) is 6.97. The number of Topliss-reactive ketones (excluding diaryl/α,β-unsaturated/α-hetero) is 1. The van der Waals surface area contributed by atoms with E-state index in [2.05, 4.69) is 12.2 Å². The number of fused-ring (bicyclic) bond motifs is 1. The smallest absolute Gasteiger partial charge is 0.133 e. The standard InChI is InChI=1S/C9H12O/c10-9-5-7-3-1-2-4-8(7)6-9/h1,3,7-8H,2,4-6H2/t7-,8+/m1/s1. The first kappa shape index (κ1) is 6.14. The molecule has 0 unspecified atom stereocenters. The van der Waals surface area contributed by atoms with Crippen molar-refractivity contribution in [3.05, 3.63) is 12.2 Å². The van der Waals surface area contributed by atoms with Crippen LogP contribution in [0, 0.1) is 11.8 Å². The second-order valence-electron chi connectivity index (χ2n) is 3.38. The van der Waals surface area contributed by atoms with Crippen LogP contribution in [0.3, 0.4) is 0 Å². The predicted octanol–water partition coefficient (Wildman–Crippen LogP) is 1.93. The van der Waals surface area contributed by atoms with Gasteiger partial charge in [0.15, 0.2) is 0 Å². The van der Waals surface area contributed by atoms with Gasteiger partial charge in [-0.2, -0.15) is 0 Å². The molecule has 0 bridgehead atoms. The fourth-order valence-electron chi connectivity index (χ4n) is 2.08. The average Bonchev–Trinajstić information content (AvgIpc) is 2.27. The van der Waals surface area contributed by atoms with Gasteiger partial charge in [-0.15, -0.1) is 0 Å². The molecule has 1 nitrogen and oxygen atoms in total. The van der Waals surface area contributed by atoms with Gasteiger partial charge >= 0.3 is 0 Å². The van der Waals surface area contributed by atoms with E-state index in [0.29, 0.717) is 17.6 Å². The monoisotopic (exact) mass is 136 g/mol. The number of rotatable bonds is 0. The van der Waals surface area contributed by atoms with Crippen molar-refractivity contribution >= 4 is 5.78 Å². The van der Waals surface area contributed by atoms with Crippen LogP contribution >= 0.6 is 0 Å². The van der Waals surface area contributed by atoms with Gasteiger partial charge in [0.25, 0.3) is 0 Å². The zero-order valence-electron chi connectivity index (χ0n) is 6.05. The molecular weight excluding hydrogens is 124 g/mol. The lowest BCUT2D eigenvalue weighted by Crippen LogP contribution is -2.07. The number of carbonyl (C=O) groups is 1. The van der Waals surface area contributed by atoms with Gasteiger partial charge in [-0.1, -0.05) is 12.2 Å².